The third-order valence-corrected chi connectivity index (χ3v) is 6.98. The van der Waals surface area contributed by atoms with E-state index in [0.29, 0.717) is 6.42 Å². The molecule has 2 nitrogen and oxygen atoms in total. The largest absolute Gasteiger partial charge is 0.302 e. The number of piperidine rings is 1. The number of likely N-dealkylation sites (tertiary alicyclic amines) is 1. The van der Waals surface area contributed by atoms with Gasteiger partial charge < -0.3 is 4.90 Å². The first-order valence-corrected chi connectivity index (χ1v) is 11.7. The molecule has 1 aliphatic heterocycles. The highest BCUT2D eigenvalue weighted by molar-refractivity contribution is 7.08. The Labute approximate surface area is 166 Å². The molecule has 0 aliphatic carbocycles. The molecule has 0 unspecified atom stereocenters. The van der Waals surface area contributed by atoms with Gasteiger partial charge in [0.15, 0.2) is 5.78 Å². The molecule has 3 aromatic rings. The van der Waals surface area contributed by atoms with Crippen LogP contribution < -0.4 is 0 Å². The van der Waals surface area contributed by atoms with E-state index in [1.807, 2.05) is 16.8 Å². The first kappa shape index (κ1) is 17.9. The van der Waals surface area contributed by atoms with Crippen molar-refractivity contribution in [2.45, 2.75) is 19.3 Å². The Morgan fingerprint density at radius 3 is 1.88 bits per heavy atom. The van der Waals surface area contributed by atoms with Crippen LogP contribution in [-0.2, 0) is 0 Å². The van der Waals surface area contributed by atoms with Crippen LogP contribution >= 0.6 is 34.0 Å². The second-order valence-electron chi connectivity index (χ2n) is 6.53. The molecule has 1 aliphatic rings. The normalized spacial score (nSPS) is 15.3. The van der Waals surface area contributed by atoms with Crippen LogP contribution in [0.25, 0.3) is 5.57 Å². The number of thiophene rings is 3. The zero-order valence-corrected chi connectivity index (χ0v) is 17.0. The van der Waals surface area contributed by atoms with Crippen LogP contribution in [0.5, 0.6) is 0 Å². The van der Waals surface area contributed by atoms with Crippen LogP contribution in [0.3, 0.4) is 0 Å². The van der Waals surface area contributed by atoms with E-state index in [9.17, 15) is 4.79 Å². The summed E-state index contributed by atoms with van der Waals surface area (Å²) in [6, 6.07) is 6.39. The minimum absolute atomic E-state index is 0.268. The number of hydrogen-bond donors (Lipinski definition) is 0. The summed E-state index contributed by atoms with van der Waals surface area (Å²) in [6.07, 6.45) is 2.80. The fourth-order valence-electron chi connectivity index (χ4n) is 3.51. The molecule has 4 rings (SSSR count). The Morgan fingerprint density at radius 1 is 0.846 bits per heavy atom. The maximum Gasteiger partial charge on any atom is 0.164 e. The zero-order chi connectivity index (χ0) is 17.8. The molecule has 0 saturated carbocycles. The van der Waals surface area contributed by atoms with Crippen LogP contribution in [0.1, 0.15) is 40.7 Å². The van der Waals surface area contributed by atoms with Gasteiger partial charge in [-0.15, -0.1) is 0 Å². The maximum atomic E-state index is 12.2. The summed E-state index contributed by atoms with van der Waals surface area (Å²) in [5.74, 6) is 0.268. The minimum Gasteiger partial charge on any atom is -0.302 e. The molecule has 1 fully saturated rings. The molecule has 4 heterocycles. The van der Waals surface area contributed by atoms with Gasteiger partial charge in [0.05, 0.1) is 0 Å². The summed E-state index contributed by atoms with van der Waals surface area (Å²) >= 11 is 5.12. The second-order valence-corrected chi connectivity index (χ2v) is 8.87. The van der Waals surface area contributed by atoms with Gasteiger partial charge in [0.2, 0.25) is 0 Å². The Hall–Kier alpha value is -1.53. The van der Waals surface area contributed by atoms with Crippen molar-refractivity contribution in [1.29, 1.82) is 0 Å². The molecule has 26 heavy (non-hydrogen) atoms. The number of hydrogen-bond acceptors (Lipinski definition) is 5. The summed E-state index contributed by atoms with van der Waals surface area (Å²) in [7, 11) is 0. The predicted molar refractivity (Wildman–Crippen MR) is 114 cm³/mol. The lowest BCUT2D eigenvalue weighted by Gasteiger charge is -2.29. The number of carbonyl (C=O) groups excluding carboxylic acids is 1. The highest BCUT2D eigenvalue weighted by Gasteiger charge is 2.20. The molecule has 1 saturated heterocycles. The Balaban J connectivity index is 1.41. The SMILES string of the molecule is O=C(CCN1CCC(=C(c2ccsc2)c2ccsc2)CC1)c1ccsc1. The van der Waals surface area contributed by atoms with Crippen molar-refractivity contribution >= 4 is 45.4 Å². The van der Waals surface area contributed by atoms with Crippen molar-refractivity contribution in [3.8, 4) is 0 Å². The second kappa shape index (κ2) is 8.44. The van der Waals surface area contributed by atoms with Gasteiger partial charge in [-0.05, 0) is 74.6 Å². The summed E-state index contributed by atoms with van der Waals surface area (Å²) in [4.78, 5) is 14.6. The number of ketones is 1. The van der Waals surface area contributed by atoms with Crippen LogP contribution in [0, 0.1) is 0 Å². The third-order valence-electron chi connectivity index (χ3n) is 4.93. The van der Waals surface area contributed by atoms with E-state index in [2.05, 4.69) is 38.6 Å². The molecule has 0 N–H and O–H groups in total. The van der Waals surface area contributed by atoms with E-state index in [0.717, 1.165) is 38.0 Å². The summed E-state index contributed by atoms with van der Waals surface area (Å²) in [6.45, 7) is 2.96. The average Bonchev–Trinajstić information content (AvgIpc) is 3.44. The van der Waals surface area contributed by atoms with Gasteiger partial charge >= 0.3 is 0 Å². The lowest BCUT2D eigenvalue weighted by molar-refractivity contribution is 0.0962. The van der Waals surface area contributed by atoms with E-state index in [1.54, 1.807) is 39.6 Å². The van der Waals surface area contributed by atoms with Gasteiger partial charge in [-0.3, -0.25) is 4.79 Å². The van der Waals surface area contributed by atoms with E-state index in [1.165, 1.54) is 16.7 Å². The van der Waals surface area contributed by atoms with Crippen LogP contribution in [0.2, 0.25) is 0 Å². The summed E-state index contributed by atoms with van der Waals surface area (Å²) in [5, 5.41) is 12.8. The highest BCUT2D eigenvalue weighted by Crippen LogP contribution is 2.34. The first-order valence-electron chi connectivity index (χ1n) is 8.86. The van der Waals surface area contributed by atoms with E-state index >= 15 is 0 Å². The third kappa shape index (κ3) is 4.07. The summed E-state index contributed by atoms with van der Waals surface area (Å²) < 4.78 is 0. The molecular weight excluding hydrogens is 378 g/mol. The Morgan fingerprint density at radius 2 is 1.38 bits per heavy atom. The molecule has 0 amide bonds. The van der Waals surface area contributed by atoms with Crippen molar-refractivity contribution in [2.75, 3.05) is 19.6 Å². The van der Waals surface area contributed by atoms with E-state index in [-0.39, 0.29) is 5.78 Å². The topological polar surface area (TPSA) is 20.3 Å². The average molecular weight is 400 g/mol. The van der Waals surface area contributed by atoms with Crippen molar-refractivity contribution in [3.05, 3.63) is 72.7 Å². The van der Waals surface area contributed by atoms with Gasteiger partial charge in [-0.1, -0.05) is 5.57 Å². The van der Waals surface area contributed by atoms with E-state index in [4.69, 9.17) is 0 Å². The van der Waals surface area contributed by atoms with E-state index < -0.39 is 0 Å². The van der Waals surface area contributed by atoms with Crippen molar-refractivity contribution in [3.63, 3.8) is 0 Å². The standard InChI is InChI=1S/C21H21NOS3/c23-20(17-4-10-24-13-17)3-9-22-7-1-16(2-8-22)21(18-5-11-25-14-18)19-6-12-26-15-19/h4-6,10-15H,1-3,7-9H2. The monoisotopic (exact) mass is 399 g/mol. The molecule has 0 bridgehead atoms. The lowest BCUT2D eigenvalue weighted by Crippen LogP contribution is -2.32. The molecule has 134 valence electrons. The van der Waals surface area contributed by atoms with Crippen molar-refractivity contribution in [1.82, 2.24) is 4.90 Å². The maximum absolute atomic E-state index is 12.2. The molecular formula is C21H21NOS3. The van der Waals surface area contributed by atoms with Gasteiger partial charge in [0, 0.05) is 37.0 Å². The fourth-order valence-corrected chi connectivity index (χ4v) is 5.47. The highest BCUT2D eigenvalue weighted by atomic mass is 32.1. The van der Waals surface area contributed by atoms with Gasteiger partial charge in [0.25, 0.3) is 0 Å². The van der Waals surface area contributed by atoms with Crippen LogP contribution in [0.15, 0.2) is 56.1 Å². The van der Waals surface area contributed by atoms with Crippen LogP contribution in [0.4, 0.5) is 0 Å². The molecule has 3 aromatic heterocycles. The number of nitrogens with zero attached hydrogens (tertiary/aromatic N) is 1. The Bertz CT molecular complexity index is 814. The summed E-state index contributed by atoms with van der Waals surface area (Å²) in [5.41, 5.74) is 6.56. The quantitative estimate of drug-likeness (QED) is 0.471. The zero-order valence-electron chi connectivity index (χ0n) is 14.5. The molecule has 5 heteroatoms. The number of Topliss-reactive ketones (excluding diaryl/α,β-unsaturated/α-hetero) is 1. The number of carbonyl (C=O) groups is 1. The van der Waals surface area contributed by atoms with Gasteiger partial charge in [-0.2, -0.15) is 34.0 Å². The lowest BCUT2D eigenvalue weighted by atomic mass is 9.91. The van der Waals surface area contributed by atoms with Gasteiger partial charge in [0.1, 0.15) is 0 Å². The fraction of sp³-hybridized carbons (Fsp3) is 0.286. The molecule has 0 spiro atoms. The number of rotatable bonds is 6. The van der Waals surface area contributed by atoms with Crippen LogP contribution in [-0.4, -0.2) is 30.3 Å². The smallest absolute Gasteiger partial charge is 0.164 e. The first-order chi connectivity index (χ1) is 12.8. The predicted octanol–water partition coefficient (Wildman–Crippen LogP) is 6.04. The molecule has 0 radical (unpaired) electrons. The van der Waals surface area contributed by atoms with Crippen molar-refractivity contribution in [2.24, 2.45) is 0 Å². The molecule has 0 atom stereocenters. The Kier molecular flexibility index (Phi) is 5.80. The van der Waals surface area contributed by atoms with Gasteiger partial charge in [-0.25, -0.2) is 0 Å². The van der Waals surface area contributed by atoms with Crippen molar-refractivity contribution < 1.29 is 4.79 Å². The molecule has 0 aromatic carbocycles. The minimum atomic E-state index is 0.268.